The molecular formula is C17H27NaO9S. The summed E-state index contributed by atoms with van der Waals surface area (Å²) in [4.78, 5) is 0. The maximum atomic E-state index is 10.1. The number of aryl methyl sites for hydroxylation is 1. The van der Waals surface area contributed by atoms with Gasteiger partial charge < -0.3 is 28.2 Å². The molecule has 1 aromatic rings. The third-order valence-corrected chi connectivity index (χ3v) is 3.54. The minimum absolute atomic E-state index is 0. The Morgan fingerprint density at radius 2 is 1.11 bits per heavy atom. The zero-order chi connectivity index (χ0) is 19.8. The summed E-state index contributed by atoms with van der Waals surface area (Å²) in [5.74, 6) is 0.824. The Morgan fingerprint density at radius 3 is 1.54 bits per heavy atom. The molecule has 0 aliphatic carbocycles. The van der Waals surface area contributed by atoms with Crippen molar-refractivity contribution in [2.45, 2.75) is 6.92 Å². The van der Waals surface area contributed by atoms with Crippen molar-refractivity contribution in [3.63, 3.8) is 0 Å². The summed E-state index contributed by atoms with van der Waals surface area (Å²) >= 11 is 0. The minimum atomic E-state index is -4.65. The minimum Gasteiger partial charge on any atom is -0.726 e. The molecular weight excluding hydrogens is 403 g/mol. The van der Waals surface area contributed by atoms with E-state index in [1.807, 2.05) is 31.2 Å². The molecule has 0 aromatic heterocycles. The Labute approximate surface area is 188 Å². The third kappa shape index (κ3) is 17.8. The molecule has 0 atom stereocenters. The maximum Gasteiger partial charge on any atom is 1.00 e. The summed E-state index contributed by atoms with van der Waals surface area (Å²) in [6.45, 7) is 5.08. The van der Waals surface area contributed by atoms with Gasteiger partial charge >= 0.3 is 29.6 Å². The van der Waals surface area contributed by atoms with E-state index in [4.69, 9.17) is 23.7 Å². The maximum absolute atomic E-state index is 10.1. The van der Waals surface area contributed by atoms with E-state index < -0.39 is 10.4 Å². The summed E-state index contributed by atoms with van der Waals surface area (Å²) in [5, 5.41) is 0. The summed E-state index contributed by atoms with van der Waals surface area (Å²) < 4.78 is 61.0. The van der Waals surface area contributed by atoms with E-state index in [0.717, 1.165) is 5.75 Å². The van der Waals surface area contributed by atoms with Crippen molar-refractivity contribution in [3.8, 4) is 5.75 Å². The van der Waals surface area contributed by atoms with Crippen LogP contribution in [0.15, 0.2) is 24.3 Å². The quantitative estimate of drug-likeness (QED) is 0.119. The number of rotatable bonds is 17. The second-order valence-electron chi connectivity index (χ2n) is 5.34. The first-order chi connectivity index (χ1) is 13.0. The first-order valence-electron chi connectivity index (χ1n) is 8.58. The van der Waals surface area contributed by atoms with E-state index in [2.05, 4.69) is 4.18 Å². The number of hydrogen-bond donors (Lipinski definition) is 0. The number of benzene rings is 1. The fraction of sp³-hybridized carbons (Fsp3) is 0.647. The molecule has 0 aliphatic heterocycles. The normalized spacial score (nSPS) is 11.2. The van der Waals surface area contributed by atoms with Gasteiger partial charge in [0.15, 0.2) is 0 Å². The van der Waals surface area contributed by atoms with Gasteiger partial charge in [0.2, 0.25) is 10.4 Å². The molecule has 0 aliphatic rings. The zero-order valence-electron chi connectivity index (χ0n) is 16.5. The molecule has 0 fully saturated rings. The average Bonchev–Trinajstić information content (AvgIpc) is 2.62. The molecule has 0 unspecified atom stereocenters. The third-order valence-electron chi connectivity index (χ3n) is 3.09. The Balaban J connectivity index is 0.00000729. The van der Waals surface area contributed by atoms with Gasteiger partial charge in [-0.2, -0.15) is 0 Å². The molecule has 0 N–H and O–H groups in total. The molecule has 0 amide bonds. The van der Waals surface area contributed by atoms with E-state index in [0.29, 0.717) is 46.2 Å². The van der Waals surface area contributed by atoms with Crippen molar-refractivity contribution >= 4 is 10.4 Å². The van der Waals surface area contributed by atoms with Crippen molar-refractivity contribution in [2.75, 3.05) is 66.1 Å². The Hall–Kier alpha value is -0.270. The Bertz CT molecular complexity index is 581. The summed E-state index contributed by atoms with van der Waals surface area (Å²) in [5.41, 5.74) is 1.19. The first-order valence-corrected chi connectivity index (χ1v) is 9.91. The number of ether oxygens (including phenoxy) is 5. The number of hydrogen-bond acceptors (Lipinski definition) is 9. The van der Waals surface area contributed by atoms with Gasteiger partial charge in [0, 0.05) is 0 Å². The van der Waals surface area contributed by atoms with Crippen LogP contribution >= 0.6 is 0 Å². The van der Waals surface area contributed by atoms with Crippen LogP contribution in [0.4, 0.5) is 0 Å². The Kier molecular flexibility index (Phi) is 17.4. The van der Waals surface area contributed by atoms with Gasteiger partial charge in [0.25, 0.3) is 0 Å². The van der Waals surface area contributed by atoms with E-state index in [-0.39, 0.29) is 49.4 Å². The van der Waals surface area contributed by atoms with Crippen molar-refractivity contribution in [2.24, 2.45) is 0 Å². The molecule has 9 nitrogen and oxygen atoms in total. The van der Waals surface area contributed by atoms with E-state index in [9.17, 15) is 13.0 Å². The molecule has 0 heterocycles. The topological polar surface area (TPSA) is 113 Å². The van der Waals surface area contributed by atoms with Gasteiger partial charge in [-0.3, -0.25) is 4.18 Å². The molecule has 0 spiro atoms. The largest absolute Gasteiger partial charge is 1.00 e. The first kappa shape index (κ1) is 27.7. The molecule has 1 rings (SSSR count). The van der Waals surface area contributed by atoms with Crippen molar-refractivity contribution in [1.82, 2.24) is 0 Å². The van der Waals surface area contributed by atoms with Crippen LogP contribution in [0.25, 0.3) is 0 Å². The van der Waals surface area contributed by atoms with E-state index in [1.54, 1.807) is 0 Å². The van der Waals surface area contributed by atoms with Gasteiger partial charge in [0.05, 0.1) is 59.5 Å². The van der Waals surface area contributed by atoms with Gasteiger partial charge in [-0.25, -0.2) is 8.42 Å². The van der Waals surface area contributed by atoms with Gasteiger partial charge in [-0.05, 0) is 19.1 Å². The molecule has 0 bridgehead atoms. The standard InChI is InChI=1S/C17H28O9S.Na/c1-16-2-4-17(5-3-16)25-14-12-23-10-8-21-6-7-22-9-11-24-13-15-26-27(18,19)20;/h2-5H,6-15H2,1H3,(H,18,19,20);/q;+1/p-1. The summed E-state index contributed by atoms with van der Waals surface area (Å²) in [6.07, 6.45) is 0. The second-order valence-corrected chi connectivity index (χ2v) is 6.39. The van der Waals surface area contributed by atoms with Crippen molar-refractivity contribution in [1.29, 1.82) is 0 Å². The van der Waals surface area contributed by atoms with E-state index >= 15 is 0 Å². The molecule has 28 heavy (non-hydrogen) atoms. The van der Waals surface area contributed by atoms with Crippen LogP contribution in [0, 0.1) is 6.92 Å². The van der Waals surface area contributed by atoms with Gasteiger partial charge in [0.1, 0.15) is 12.4 Å². The molecule has 156 valence electrons. The Morgan fingerprint density at radius 1 is 0.714 bits per heavy atom. The van der Waals surface area contributed by atoms with Crippen molar-refractivity contribution in [3.05, 3.63) is 29.8 Å². The van der Waals surface area contributed by atoms with Crippen molar-refractivity contribution < 1.29 is 70.4 Å². The van der Waals surface area contributed by atoms with Crippen LogP contribution in [-0.2, 0) is 33.5 Å². The van der Waals surface area contributed by atoms with Crippen LogP contribution < -0.4 is 34.3 Å². The predicted octanol–water partition coefficient (Wildman–Crippen LogP) is -2.08. The van der Waals surface area contributed by atoms with Crippen LogP contribution in [-0.4, -0.2) is 79.0 Å². The fourth-order valence-corrected chi connectivity index (χ4v) is 2.08. The van der Waals surface area contributed by atoms with Gasteiger partial charge in [-0.1, -0.05) is 17.7 Å². The van der Waals surface area contributed by atoms with Gasteiger partial charge in [-0.15, -0.1) is 0 Å². The fourth-order valence-electron chi connectivity index (χ4n) is 1.81. The van der Waals surface area contributed by atoms with Crippen LogP contribution in [0.3, 0.4) is 0 Å². The van der Waals surface area contributed by atoms with Crippen LogP contribution in [0.5, 0.6) is 5.75 Å². The molecule has 0 saturated carbocycles. The zero-order valence-corrected chi connectivity index (χ0v) is 19.3. The average molecular weight is 430 g/mol. The van der Waals surface area contributed by atoms with Crippen LogP contribution in [0.2, 0.25) is 0 Å². The second kappa shape index (κ2) is 17.6. The molecule has 0 saturated heterocycles. The molecule has 1 aromatic carbocycles. The van der Waals surface area contributed by atoms with E-state index in [1.165, 1.54) is 5.56 Å². The molecule has 0 radical (unpaired) electrons. The van der Waals surface area contributed by atoms with Crippen LogP contribution in [0.1, 0.15) is 5.56 Å². The molecule has 11 heteroatoms. The predicted molar refractivity (Wildman–Crippen MR) is 95.6 cm³/mol. The SMILES string of the molecule is Cc1ccc(OCCOCCOCCOCCOCCOS(=O)(=O)[O-])cc1.[Na+]. The summed E-state index contributed by atoms with van der Waals surface area (Å²) in [7, 11) is -4.65. The monoisotopic (exact) mass is 430 g/mol. The summed E-state index contributed by atoms with van der Waals surface area (Å²) in [6, 6.07) is 7.84. The smallest absolute Gasteiger partial charge is 0.726 e.